The van der Waals surface area contributed by atoms with Crippen molar-refractivity contribution in [3.8, 4) is 5.75 Å². The van der Waals surface area contributed by atoms with E-state index in [-0.39, 0.29) is 0 Å². The zero-order valence-electron chi connectivity index (χ0n) is 12.6. The first-order chi connectivity index (χ1) is 10.6. The van der Waals surface area contributed by atoms with Crippen molar-refractivity contribution in [1.82, 2.24) is 9.62 Å². The molecular formula is C16H20N2O3S. The number of benzene rings is 2. The van der Waals surface area contributed by atoms with Crippen LogP contribution in [-0.2, 0) is 10.0 Å². The summed E-state index contributed by atoms with van der Waals surface area (Å²) < 4.78 is 32.9. The Morgan fingerprint density at radius 2 is 1.82 bits per heavy atom. The SMILES string of the molecule is COc1ccc(S(=O)(=O)N2CCCNCC2)c2ccccc12. The molecule has 1 aliphatic rings. The third kappa shape index (κ3) is 2.69. The number of fused-ring (bicyclic) bond motifs is 1. The molecule has 2 aromatic carbocycles. The van der Waals surface area contributed by atoms with Crippen LogP contribution in [0.5, 0.6) is 5.75 Å². The molecule has 0 amide bonds. The minimum Gasteiger partial charge on any atom is -0.496 e. The molecule has 0 saturated carbocycles. The summed E-state index contributed by atoms with van der Waals surface area (Å²) in [5.41, 5.74) is 0. The fourth-order valence-corrected chi connectivity index (χ4v) is 4.52. The van der Waals surface area contributed by atoms with Crippen molar-refractivity contribution in [3.05, 3.63) is 36.4 Å². The summed E-state index contributed by atoms with van der Waals surface area (Å²) in [6, 6.07) is 10.8. The van der Waals surface area contributed by atoms with Gasteiger partial charge >= 0.3 is 0 Å². The zero-order valence-corrected chi connectivity index (χ0v) is 13.4. The summed E-state index contributed by atoms with van der Waals surface area (Å²) >= 11 is 0. The van der Waals surface area contributed by atoms with Crippen LogP contribution in [0, 0.1) is 0 Å². The van der Waals surface area contributed by atoms with Crippen molar-refractivity contribution >= 4 is 20.8 Å². The van der Waals surface area contributed by atoms with E-state index in [2.05, 4.69) is 5.32 Å². The van der Waals surface area contributed by atoms with Crippen LogP contribution < -0.4 is 10.1 Å². The lowest BCUT2D eigenvalue weighted by molar-refractivity contribution is 0.419. The summed E-state index contributed by atoms with van der Waals surface area (Å²) in [4.78, 5) is 0.353. The van der Waals surface area contributed by atoms with Gasteiger partial charge in [0.25, 0.3) is 0 Å². The summed E-state index contributed by atoms with van der Waals surface area (Å²) in [7, 11) is -1.91. The fourth-order valence-electron chi connectivity index (χ4n) is 2.85. The van der Waals surface area contributed by atoms with Crippen LogP contribution >= 0.6 is 0 Å². The van der Waals surface area contributed by atoms with Crippen LogP contribution in [0.2, 0.25) is 0 Å². The monoisotopic (exact) mass is 320 g/mol. The van der Waals surface area contributed by atoms with Crippen molar-refractivity contribution in [2.75, 3.05) is 33.3 Å². The largest absolute Gasteiger partial charge is 0.496 e. The van der Waals surface area contributed by atoms with E-state index in [1.807, 2.05) is 24.3 Å². The van der Waals surface area contributed by atoms with E-state index in [9.17, 15) is 8.42 Å². The molecule has 6 heteroatoms. The Morgan fingerprint density at radius 1 is 1.05 bits per heavy atom. The predicted octanol–water partition coefficient (Wildman–Crippen LogP) is 1.83. The molecule has 1 heterocycles. The number of ether oxygens (including phenoxy) is 1. The molecule has 0 aliphatic carbocycles. The molecule has 22 heavy (non-hydrogen) atoms. The number of sulfonamides is 1. The standard InChI is InChI=1S/C16H20N2O3S/c1-21-15-7-8-16(14-6-3-2-5-13(14)15)22(19,20)18-11-4-9-17-10-12-18/h2-3,5-8,17H,4,9-12H2,1H3. The van der Waals surface area contributed by atoms with E-state index in [4.69, 9.17) is 4.74 Å². The van der Waals surface area contributed by atoms with Crippen molar-refractivity contribution in [2.24, 2.45) is 0 Å². The van der Waals surface area contributed by atoms with Gasteiger partial charge < -0.3 is 10.1 Å². The van der Waals surface area contributed by atoms with Gasteiger partial charge in [-0.05, 0) is 25.1 Å². The number of nitrogens with one attached hydrogen (secondary N) is 1. The van der Waals surface area contributed by atoms with Crippen molar-refractivity contribution in [1.29, 1.82) is 0 Å². The highest BCUT2D eigenvalue weighted by molar-refractivity contribution is 7.89. The first kappa shape index (κ1) is 15.3. The van der Waals surface area contributed by atoms with Gasteiger partial charge in [0.1, 0.15) is 5.75 Å². The predicted molar refractivity (Wildman–Crippen MR) is 86.7 cm³/mol. The Morgan fingerprint density at radius 3 is 2.59 bits per heavy atom. The molecular weight excluding hydrogens is 300 g/mol. The fraction of sp³-hybridized carbons (Fsp3) is 0.375. The lowest BCUT2D eigenvalue weighted by Crippen LogP contribution is -2.34. The number of hydrogen-bond acceptors (Lipinski definition) is 4. The Bertz CT molecular complexity index is 766. The van der Waals surface area contributed by atoms with E-state index >= 15 is 0 Å². The van der Waals surface area contributed by atoms with E-state index < -0.39 is 10.0 Å². The maximum absolute atomic E-state index is 13.0. The zero-order chi connectivity index (χ0) is 15.6. The Balaban J connectivity index is 2.13. The number of methoxy groups -OCH3 is 1. The van der Waals surface area contributed by atoms with Crippen LogP contribution in [-0.4, -0.2) is 46.0 Å². The topological polar surface area (TPSA) is 58.6 Å². The van der Waals surface area contributed by atoms with Crippen molar-refractivity contribution in [2.45, 2.75) is 11.3 Å². The molecule has 0 atom stereocenters. The average molecular weight is 320 g/mol. The van der Waals surface area contributed by atoms with Crippen LogP contribution in [0.15, 0.2) is 41.3 Å². The van der Waals surface area contributed by atoms with E-state index in [1.54, 1.807) is 23.5 Å². The minimum absolute atomic E-state index is 0.353. The van der Waals surface area contributed by atoms with Gasteiger partial charge in [0.05, 0.1) is 12.0 Å². The van der Waals surface area contributed by atoms with Crippen LogP contribution in [0.4, 0.5) is 0 Å². The quantitative estimate of drug-likeness (QED) is 0.937. The first-order valence-electron chi connectivity index (χ1n) is 7.41. The highest BCUT2D eigenvalue weighted by atomic mass is 32.2. The molecule has 0 bridgehead atoms. The Kier molecular flexibility index (Phi) is 4.33. The van der Waals surface area contributed by atoms with Gasteiger partial charge in [-0.3, -0.25) is 0 Å². The van der Waals surface area contributed by atoms with Crippen molar-refractivity contribution in [3.63, 3.8) is 0 Å². The maximum atomic E-state index is 13.0. The van der Waals surface area contributed by atoms with E-state index in [1.165, 1.54) is 0 Å². The van der Waals surface area contributed by atoms with Crippen molar-refractivity contribution < 1.29 is 13.2 Å². The second kappa shape index (κ2) is 6.24. The second-order valence-corrected chi connectivity index (χ2v) is 7.23. The summed E-state index contributed by atoms with van der Waals surface area (Å²) in [6.07, 6.45) is 0.827. The third-order valence-corrected chi connectivity index (χ3v) is 5.94. The highest BCUT2D eigenvalue weighted by Crippen LogP contribution is 2.32. The summed E-state index contributed by atoms with van der Waals surface area (Å²) in [5.74, 6) is 0.687. The molecule has 2 aromatic rings. The van der Waals surface area contributed by atoms with Crippen LogP contribution in [0.25, 0.3) is 10.8 Å². The van der Waals surface area contributed by atoms with Gasteiger partial charge in [-0.25, -0.2) is 8.42 Å². The smallest absolute Gasteiger partial charge is 0.243 e. The summed E-state index contributed by atoms with van der Waals surface area (Å²) in [5, 5.41) is 4.76. The molecule has 118 valence electrons. The minimum atomic E-state index is -3.50. The molecule has 0 unspecified atom stereocenters. The summed E-state index contributed by atoms with van der Waals surface area (Å²) in [6.45, 7) is 2.60. The molecule has 0 spiro atoms. The lowest BCUT2D eigenvalue weighted by atomic mass is 10.1. The van der Waals surface area contributed by atoms with Gasteiger partial charge in [0.2, 0.25) is 10.0 Å². The normalized spacial score (nSPS) is 17.3. The Labute approximate surface area is 130 Å². The first-order valence-corrected chi connectivity index (χ1v) is 8.85. The second-order valence-electron chi connectivity index (χ2n) is 5.32. The Hall–Kier alpha value is -1.63. The van der Waals surface area contributed by atoms with E-state index in [0.29, 0.717) is 35.7 Å². The average Bonchev–Trinajstić information content (AvgIpc) is 2.83. The molecule has 1 aliphatic heterocycles. The molecule has 5 nitrogen and oxygen atoms in total. The van der Waals surface area contributed by atoms with Gasteiger partial charge in [0.15, 0.2) is 0 Å². The van der Waals surface area contributed by atoms with E-state index in [0.717, 1.165) is 18.4 Å². The molecule has 1 N–H and O–H groups in total. The molecule has 1 fully saturated rings. The lowest BCUT2D eigenvalue weighted by Gasteiger charge is -2.21. The van der Waals surface area contributed by atoms with Crippen LogP contribution in [0.1, 0.15) is 6.42 Å². The highest BCUT2D eigenvalue weighted by Gasteiger charge is 2.27. The number of rotatable bonds is 3. The maximum Gasteiger partial charge on any atom is 0.243 e. The van der Waals surface area contributed by atoms with Gasteiger partial charge in [0, 0.05) is 30.4 Å². The molecule has 1 saturated heterocycles. The molecule has 0 radical (unpaired) electrons. The van der Waals surface area contributed by atoms with Gasteiger partial charge in [-0.1, -0.05) is 24.3 Å². The van der Waals surface area contributed by atoms with Gasteiger partial charge in [-0.15, -0.1) is 0 Å². The number of hydrogen-bond donors (Lipinski definition) is 1. The molecule has 0 aromatic heterocycles. The number of nitrogens with zero attached hydrogens (tertiary/aromatic N) is 1. The van der Waals surface area contributed by atoms with Gasteiger partial charge in [-0.2, -0.15) is 4.31 Å². The van der Waals surface area contributed by atoms with Crippen LogP contribution in [0.3, 0.4) is 0 Å². The molecule has 3 rings (SSSR count). The third-order valence-electron chi connectivity index (χ3n) is 3.98.